The van der Waals surface area contributed by atoms with Crippen LogP contribution in [0.5, 0.6) is 0 Å². The van der Waals surface area contributed by atoms with Crippen LogP contribution in [0.25, 0.3) is 22.3 Å². The quantitative estimate of drug-likeness (QED) is 0.721. The zero-order valence-electron chi connectivity index (χ0n) is 13.8. The van der Waals surface area contributed by atoms with E-state index in [9.17, 15) is 4.79 Å². The van der Waals surface area contributed by atoms with Gasteiger partial charge in [0.15, 0.2) is 0 Å². The Morgan fingerprint density at radius 1 is 1.08 bits per heavy atom. The molecule has 4 nitrogen and oxygen atoms in total. The van der Waals surface area contributed by atoms with E-state index >= 15 is 0 Å². The average molecular weight is 357 g/mol. The maximum atomic E-state index is 12.2. The summed E-state index contributed by atoms with van der Waals surface area (Å²) in [6, 6.07) is 17.9. The minimum absolute atomic E-state index is 0. The summed E-state index contributed by atoms with van der Waals surface area (Å²) in [6.45, 7) is 0. The third-order valence-electron chi connectivity index (χ3n) is 4.71. The number of hydrogen-bond donors (Lipinski definition) is 2. The number of carbonyl (C=O) groups excluding carboxylic acids is 1. The summed E-state index contributed by atoms with van der Waals surface area (Å²) in [5.74, 6) is 0.935. The molecule has 0 radical (unpaired) electrons. The zero-order chi connectivity index (χ0) is 16.5. The van der Waals surface area contributed by atoms with Gasteiger partial charge in [-0.3, -0.25) is 4.79 Å². The molecule has 2 atom stereocenters. The molecule has 25 heavy (non-hydrogen) atoms. The number of carbonyl (C=O) groups is 1. The maximum Gasteiger partial charge on any atom is 0.227 e. The number of rotatable bonds is 3. The van der Waals surface area contributed by atoms with Crippen LogP contribution in [0.15, 0.2) is 59.0 Å². The SMILES string of the molecule is Cl.NC1CCC(C(=O)Nc2ccc(-c3cc4ccccc4o3)cc2)C1. The van der Waals surface area contributed by atoms with Crippen LogP contribution in [0, 0.1) is 5.92 Å². The lowest BCUT2D eigenvalue weighted by Gasteiger charge is -2.11. The number of halogens is 1. The minimum Gasteiger partial charge on any atom is -0.456 e. The van der Waals surface area contributed by atoms with E-state index in [2.05, 4.69) is 5.32 Å². The maximum absolute atomic E-state index is 12.2. The Bertz CT molecular complexity index is 840. The van der Waals surface area contributed by atoms with Crippen LogP contribution in [0.3, 0.4) is 0 Å². The molecule has 1 aliphatic carbocycles. The van der Waals surface area contributed by atoms with Gasteiger partial charge in [0.05, 0.1) is 0 Å². The van der Waals surface area contributed by atoms with E-state index in [0.717, 1.165) is 47.2 Å². The van der Waals surface area contributed by atoms with Gasteiger partial charge in [-0.15, -0.1) is 12.4 Å². The molecule has 3 aromatic rings. The summed E-state index contributed by atoms with van der Waals surface area (Å²) in [7, 11) is 0. The lowest BCUT2D eigenvalue weighted by molar-refractivity contribution is -0.119. The molecule has 1 heterocycles. The number of nitrogens with one attached hydrogen (secondary N) is 1. The molecular formula is C20H21ClN2O2. The van der Waals surface area contributed by atoms with Gasteiger partial charge < -0.3 is 15.5 Å². The topological polar surface area (TPSA) is 68.3 Å². The van der Waals surface area contributed by atoms with E-state index in [1.54, 1.807) is 0 Å². The highest BCUT2D eigenvalue weighted by Crippen LogP contribution is 2.29. The lowest BCUT2D eigenvalue weighted by Crippen LogP contribution is -2.23. The Labute approximate surface area is 152 Å². The summed E-state index contributed by atoms with van der Waals surface area (Å²) in [4.78, 5) is 12.2. The van der Waals surface area contributed by atoms with Crippen molar-refractivity contribution in [3.63, 3.8) is 0 Å². The van der Waals surface area contributed by atoms with Crippen LogP contribution < -0.4 is 11.1 Å². The summed E-state index contributed by atoms with van der Waals surface area (Å²) in [6.07, 6.45) is 2.59. The molecule has 4 rings (SSSR count). The molecule has 0 spiro atoms. The Hall–Kier alpha value is -2.30. The molecule has 0 bridgehead atoms. The van der Waals surface area contributed by atoms with Gasteiger partial charge in [0, 0.05) is 28.6 Å². The van der Waals surface area contributed by atoms with Gasteiger partial charge >= 0.3 is 0 Å². The molecule has 0 saturated heterocycles. The number of para-hydroxylation sites is 1. The fourth-order valence-corrected chi connectivity index (χ4v) is 3.34. The van der Waals surface area contributed by atoms with E-state index < -0.39 is 0 Å². The fraction of sp³-hybridized carbons (Fsp3) is 0.250. The number of benzene rings is 2. The van der Waals surface area contributed by atoms with Crippen LogP contribution in [0.4, 0.5) is 5.69 Å². The van der Waals surface area contributed by atoms with Crippen LogP contribution in [0.2, 0.25) is 0 Å². The Morgan fingerprint density at radius 3 is 2.52 bits per heavy atom. The van der Waals surface area contributed by atoms with Crippen molar-refractivity contribution in [3.8, 4) is 11.3 Å². The molecule has 5 heteroatoms. The first-order chi connectivity index (χ1) is 11.7. The molecule has 2 aromatic carbocycles. The number of hydrogen-bond acceptors (Lipinski definition) is 3. The molecule has 3 N–H and O–H groups in total. The van der Waals surface area contributed by atoms with Gasteiger partial charge in [-0.2, -0.15) is 0 Å². The van der Waals surface area contributed by atoms with Gasteiger partial charge in [0.25, 0.3) is 0 Å². The van der Waals surface area contributed by atoms with Crippen molar-refractivity contribution in [2.45, 2.75) is 25.3 Å². The fourth-order valence-electron chi connectivity index (χ4n) is 3.34. The largest absolute Gasteiger partial charge is 0.456 e. The molecule has 1 aliphatic rings. The number of nitrogens with two attached hydrogens (primary N) is 1. The number of furan rings is 1. The average Bonchev–Trinajstić information content (AvgIpc) is 3.21. The summed E-state index contributed by atoms with van der Waals surface area (Å²) in [5, 5.41) is 4.07. The molecule has 0 aliphatic heterocycles. The van der Waals surface area contributed by atoms with Crippen molar-refractivity contribution in [1.82, 2.24) is 0 Å². The van der Waals surface area contributed by atoms with Crippen LogP contribution >= 0.6 is 12.4 Å². The molecule has 1 aromatic heterocycles. The predicted octanol–water partition coefficient (Wildman–Crippen LogP) is 4.59. The molecular weight excluding hydrogens is 336 g/mol. The van der Waals surface area contributed by atoms with Gasteiger partial charge in [-0.25, -0.2) is 0 Å². The van der Waals surface area contributed by atoms with Crippen molar-refractivity contribution in [1.29, 1.82) is 0 Å². The highest BCUT2D eigenvalue weighted by Gasteiger charge is 2.27. The standard InChI is InChI=1S/C20H20N2O2.ClH/c21-16-8-5-15(11-16)20(23)22-17-9-6-13(7-10-17)19-12-14-3-1-2-4-18(14)24-19;/h1-4,6-7,9-10,12,15-16H,5,8,11,21H2,(H,22,23);1H. The summed E-state index contributed by atoms with van der Waals surface area (Å²) < 4.78 is 5.87. The Balaban J connectivity index is 0.00000182. The number of anilines is 1. The lowest BCUT2D eigenvalue weighted by atomic mass is 10.1. The monoisotopic (exact) mass is 356 g/mol. The number of fused-ring (bicyclic) bond motifs is 1. The highest BCUT2D eigenvalue weighted by atomic mass is 35.5. The summed E-state index contributed by atoms with van der Waals surface area (Å²) >= 11 is 0. The van der Waals surface area contributed by atoms with Crippen LogP contribution in [-0.4, -0.2) is 11.9 Å². The summed E-state index contributed by atoms with van der Waals surface area (Å²) in [5.41, 5.74) is 8.56. The minimum atomic E-state index is 0. The van der Waals surface area contributed by atoms with Crippen LogP contribution in [-0.2, 0) is 4.79 Å². The van der Waals surface area contributed by atoms with E-state index in [0.29, 0.717) is 0 Å². The second-order valence-electron chi connectivity index (χ2n) is 6.49. The molecule has 1 saturated carbocycles. The van der Waals surface area contributed by atoms with E-state index in [1.165, 1.54) is 0 Å². The van der Waals surface area contributed by atoms with Crippen molar-refractivity contribution in [2.24, 2.45) is 11.7 Å². The van der Waals surface area contributed by atoms with Gasteiger partial charge in [-0.05, 0) is 55.7 Å². The predicted molar refractivity (Wildman–Crippen MR) is 103 cm³/mol. The first kappa shape index (κ1) is 17.5. The second-order valence-corrected chi connectivity index (χ2v) is 6.49. The molecule has 130 valence electrons. The molecule has 1 amide bonds. The highest BCUT2D eigenvalue weighted by molar-refractivity contribution is 5.93. The zero-order valence-corrected chi connectivity index (χ0v) is 14.6. The van der Waals surface area contributed by atoms with Crippen molar-refractivity contribution < 1.29 is 9.21 Å². The first-order valence-electron chi connectivity index (χ1n) is 8.34. The van der Waals surface area contributed by atoms with E-state index in [1.807, 2.05) is 54.6 Å². The van der Waals surface area contributed by atoms with Crippen LogP contribution in [0.1, 0.15) is 19.3 Å². The Kier molecular flexibility index (Phi) is 5.11. The third kappa shape index (κ3) is 3.70. The Morgan fingerprint density at radius 2 is 1.84 bits per heavy atom. The van der Waals surface area contributed by atoms with Gasteiger partial charge in [-0.1, -0.05) is 18.2 Å². The number of amides is 1. The van der Waals surface area contributed by atoms with E-state index in [-0.39, 0.29) is 30.3 Å². The van der Waals surface area contributed by atoms with Crippen molar-refractivity contribution in [2.75, 3.05) is 5.32 Å². The van der Waals surface area contributed by atoms with Crippen molar-refractivity contribution >= 4 is 35.0 Å². The normalized spacial score (nSPS) is 19.6. The van der Waals surface area contributed by atoms with Gasteiger partial charge in [0.1, 0.15) is 11.3 Å². The molecule has 1 fully saturated rings. The second kappa shape index (κ2) is 7.30. The van der Waals surface area contributed by atoms with Gasteiger partial charge in [0.2, 0.25) is 5.91 Å². The van der Waals surface area contributed by atoms with Crippen molar-refractivity contribution in [3.05, 3.63) is 54.6 Å². The smallest absolute Gasteiger partial charge is 0.227 e. The molecule has 2 unspecified atom stereocenters. The third-order valence-corrected chi connectivity index (χ3v) is 4.71. The first-order valence-corrected chi connectivity index (χ1v) is 8.34. The van der Waals surface area contributed by atoms with E-state index in [4.69, 9.17) is 10.2 Å².